The summed E-state index contributed by atoms with van der Waals surface area (Å²) in [6, 6.07) is 40.2. The first-order valence-electron chi connectivity index (χ1n) is 13.8. The fourth-order valence-corrected chi connectivity index (χ4v) is 5.11. The van der Waals surface area contributed by atoms with E-state index in [1.807, 2.05) is 109 Å². The Morgan fingerprint density at radius 3 is 1.55 bits per heavy atom. The Bertz CT molecular complexity index is 1290. The number of hydrogen-bond donors (Lipinski definition) is 0. The van der Waals surface area contributed by atoms with Crippen LogP contribution in [0.1, 0.15) is 28.5 Å². The maximum Gasteiger partial charge on any atom is 0.187 e. The van der Waals surface area contributed by atoms with E-state index in [2.05, 4.69) is 12.1 Å². The number of hydrogen-bond acceptors (Lipinski definition) is 6. The summed E-state index contributed by atoms with van der Waals surface area (Å²) in [6.07, 6.45) is -2.99. The van der Waals surface area contributed by atoms with E-state index in [-0.39, 0.29) is 6.10 Å². The van der Waals surface area contributed by atoms with Crippen molar-refractivity contribution >= 4 is 0 Å². The second kappa shape index (κ2) is 13.3. The minimum absolute atomic E-state index is 0.353. The van der Waals surface area contributed by atoms with E-state index in [1.165, 1.54) is 0 Å². The molecule has 40 heavy (non-hydrogen) atoms. The average molecular weight is 539 g/mol. The van der Waals surface area contributed by atoms with Crippen molar-refractivity contribution in [1.82, 2.24) is 0 Å². The van der Waals surface area contributed by atoms with Crippen LogP contribution in [0.25, 0.3) is 0 Å². The predicted octanol–water partition coefficient (Wildman–Crippen LogP) is 6.21. The van der Waals surface area contributed by atoms with Gasteiger partial charge < -0.3 is 28.4 Å². The maximum absolute atomic E-state index is 6.64. The summed E-state index contributed by atoms with van der Waals surface area (Å²) in [5.41, 5.74) is 4.13. The molecule has 0 unspecified atom stereocenters. The van der Waals surface area contributed by atoms with Gasteiger partial charge in [0.1, 0.15) is 24.4 Å². The molecule has 0 N–H and O–H groups in total. The van der Waals surface area contributed by atoms with Gasteiger partial charge in [0.05, 0.1) is 26.4 Å². The summed E-state index contributed by atoms with van der Waals surface area (Å²) in [5.74, 6) is 0. The third-order valence-corrected chi connectivity index (χ3v) is 7.18. The summed E-state index contributed by atoms with van der Waals surface area (Å²) in [4.78, 5) is 0. The molecular formula is C34H34O6. The van der Waals surface area contributed by atoms with Gasteiger partial charge in [0.25, 0.3) is 0 Å². The largest absolute Gasteiger partial charge is 0.368 e. The van der Waals surface area contributed by atoms with Gasteiger partial charge in [0, 0.05) is 5.56 Å². The lowest BCUT2D eigenvalue weighted by molar-refractivity contribution is -0.374. The van der Waals surface area contributed by atoms with Gasteiger partial charge in [0.15, 0.2) is 12.6 Å². The van der Waals surface area contributed by atoms with Crippen LogP contribution in [0.2, 0.25) is 0 Å². The van der Waals surface area contributed by atoms with Crippen LogP contribution in [0, 0.1) is 0 Å². The zero-order chi connectivity index (χ0) is 27.0. The predicted molar refractivity (Wildman–Crippen MR) is 150 cm³/mol. The SMILES string of the molecule is c1ccc(CO[C@@H]2O[C@@H]3CO[C@@H](c4ccccc4)O[C@@H]3[C@H](OCc3ccccc3)[C@H]2OCc2ccccc2)cc1. The van der Waals surface area contributed by atoms with Gasteiger partial charge in [-0.3, -0.25) is 0 Å². The minimum atomic E-state index is -0.675. The zero-order valence-corrected chi connectivity index (χ0v) is 22.3. The molecule has 6 nitrogen and oxygen atoms in total. The van der Waals surface area contributed by atoms with E-state index >= 15 is 0 Å². The van der Waals surface area contributed by atoms with Crippen LogP contribution in [0.5, 0.6) is 0 Å². The molecule has 0 saturated carbocycles. The molecule has 0 aliphatic carbocycles. The highest BCUT2D eigenvalue weighted by Crippen LogP contribution is 2.37. The molecule has 0 amide bonds. The quantitative estimate of drug-likeness (QED) is 0.239. The lowest BCUT2D eigenvalue weighted by atomic mass is 9.97. The van der Waals surface area contributed by atoms with Crippen molar-refractivity contribution in [2.75, 3.05) is 6.61 Å². The molecule has 4 aromatic rings. The monoisotopic (exact) mass is 538 g/mol. The molecule has 2 fully saturated rings. The van der Waals surface area contributed by atoms with Crippen LogP contribution in [0.3, 0.4) is 0 Å². The average Bonchev–Trinajstić information content (AvgIpc) is 3.03. The van der Waals surface area contributed by atoms with Crippen LogP contribution < -0.4 is 0 Å². The first-order chi connectivity index (χ1) is 19.8. The molecule has 2 heterocycles. The van der Waals surface area contributed by atoms with Gasteiger partial charge in [-0.25, -0.2) is 0 Å². The molecule has 206 valence electrons. The van der Waals surface area contributed by atoms with E-state index in [1.54, 1.807) is 0 Å². The Balaban J connectivity index is 1.27. The highest BCUT2D eigenvalue weighted by atomic mass is 16.8. The van der Waals surface area contributed by atoms with Crippen molar-refractivity contribution in [2.24, 2.45) is 0 Å². The highest BCUT2D eigenvalue weighted by molar-refractivity contribution is 5.18. The fraction of sp³-hybridized carbons (Fsp3) is 0.294. The van der Waals surface area contributed by atoms with Crippen LogP contribution in [0.4, 0.5) is 0 Å². The first-order valence-corrected chi connectivity index (χ1v) is 13.8. The molecule has 2 saturated heterocycles. The van der Waals surface area contributed by atoms with Crippen LogP contribution in [0.15, 0.2) is 121 Å². The Morgan fingerprint density at radius 2 is 1.00 bits per heavy atom. The molecule has 0 bridgehead atoms. The molecule has 0 radical (unpaired) electrons. The lowest BCUT2D eigenvalue weighted by Gasteiger charge is -2.49. The maximum atomic E-state index is 6.64. The van der Waals surface area contributed by atoms with Gasteiger partial charge in [-0.2, -0.15) is 0 Å². The van der Waals surface area contributed by atoms with Crippen molar-refractivity contribution in [3.05, 3.63) is 144 Å². The molecular weight excluding hydrogens is 504 g/mol. The summed E-state index contributed by atoms with van der Waals surface area (Å²) in [6.45, 7) is 1.53. The van der Waals surface area contributed by atoms with E-state index in [9.17, 15) is 0 Å². The topological polar surface area (TPSA) is 55.4 Å². The van der Waals surface area contributed by atoms with Crippen molar-refractivity contribution < 1.29 is 28.4 Å². The Kier molecular flexibility index (Phi) is 8.95. The molecule has 6 atom stereocenters. The zero-order valence-electron chi connectivity index (χ0n) is 22.3. The smallest absolute Gasteiger partial charge is 0.187 e. The molecule has 6 rings (SSSR count). The van der Waals surface area contributed by atoms with Crippen molar-refractivity contribution in [1.29, 1.82) is 0 Å². The normalized spacial score (nSPS) is 26.2. The van der Waals surface area contributed by atoms with Crippen LogP contribution in [-0.4, -0.2) is 37.3 Å². The van der Waals surface area contributed by atoms with Gasteiger partial charge in [-0.15, -0.1) is 0 Å². The standard InChI is InChI=1S/C34H34O6/c1-5-13-25(14-6-1)21-35-31-30-29(24-38-33(40-30)28-19-11-4-12-20-28)39-34(37-23-27-17-9-3-10-18-27)32(31)36-22-26-15-7-2-8-16-26/h1-20,29-34H,21-24H2/t29-,30+,31+,32-,33-,34-/m1/s1. The minimum Gasteiger partial charge on any atom is -0.368 e. The van der Waals surface area contributed by atoms with Crippen molar-refractivity contribution in [3.63, 3.8) is 0 Å². The van der Waals surface area contributed by atoms with E-state index < -0.39 is 30.9 Å². The fourth-order valence-electron chi connectivity index (χ4n) is 5.11. The highest BCUT2D eigenvalue weighted by Gasteiger charge is 2.51. The number of fused-ring (bicyclic) bond motifs is 1. The van der Waals surface area contributed by atoms with Gasteiger partial charge in [-0.05, 0) is 16.7 Å². The third kappa shape index (κ3) is 6.67. The second-order valence-corrected chi connectivity index (χ2v) is 10.0. The molecule has 0 aromatic heterocycles. The van der Waals surface area contributed by atoms with Gasteiger partial charge >= 0.3 is 0 Å². The molecule has 6 heteroatoms. The number of benzene rings is 4. The van der Waals surface area contributed by atoms with Crippen LogP contribution in [-0.2, 0) is 48.2 Å². The number of rotatable bonds is 10. The van der Waals surface area contributed by atoms with Gasteiger partial charge in [0.2, 0.25) is 0 Å². The number of ether oxygens (including phenoxy) is 6. The van der Waals surface area contributed by atoms with Gasteiger partial charge in [-0.1, -0.05) is 121 Å². The lowest BCUT2D eigenvalue weighted by Crippen LogP contribution is -2.63. The third-order valence-electron chi connectivity index (χ3n) is 7.18. The summed E-state index contributed by atoms with van der Waals surface area (Å²) < 4.78 is 38.8. The Hall–Kier alpha value is -3.36. The van der Waals surface area contributed by atoms with Crippen molar-refractivity contribution in [2.45, 2.75) is 56.8 Å². The van der Waals surface area contributed by atoms with E-state index in [0.29, 0.717) is 26.4 Å². The molecule has 2 aliphatic heterocycles. The summed E-state index contributed by atoms with van der Waals surface area (Å²) >= 11 is 0. The Morgan fingerprint density at radius 1 is 0.525 bits per heavy atom. The molecule has 0 spiro atoms. The molecule has 4 aromatic carbocycles. The second-order valence-electron chi connectivity index (χ2n) is 10.0. The summed E-state index contributed by atoms with van der Waals surface area (Å²) in [7, 11) is 0. The Labute approximate surface area is 235 Å². The van der Waals surface area contributed by atoms with Crippen LogP contribution >= 0.6 is 0 Å². The molecule has 2 aliphatic rings. The van der Waals surface area contributed by atoms with E-state index in [4.69, 9.17) is 28.4 Å². The first kappa shape index (κ1) is 26.8. The van der Waals surface area contributed by atoms with Crippen molar-refractivity contribution in [3.8, 4) is 0 Å². The summed E-state index contributed by atoms with van der Waals surface area (Å²) in [5, 5.41) is 0. The van der Waals surface area contributed by atoms with E-state index in [0.717, 1.165) is 22.3 Å².